The summed E-state index contributed by atoms with van der Waals surface area (Å²) in [5, 5.41) is 0. The van der Waals surface area contributed by atoms with E-state index in [1.807, 2.05) is 0 Å². The van der Waals surface area contributed by atoms with E-state index in [0.717, 1.165) is 0 Å². The smallest absolute Gasteiger partial charge is 0.457 e. The molecule has 0 aliphatic rings. The van der Waals surface area contributed by atoms with Gasteiger partial charge in [-0.3, -0.25) is 0 Å². The highest BCUT2D eigenvalue weighted by Gasteiger charge is 2.80. The summed E-state index contributed by atoms with van der Waals surface area (Å²) in [4.78, 5) is 25.4. The zero-order valence-corrected chi connectivity index (χ0v) is 18.3. The van der Waals surface area contributed by atoms with Gasteiger partial charge in [0.1, 0.15) is 6.61 Å². The van der Waals surface area contributed by atoms with Gasteiger partial charge in [-0.05, 0) is 38.5 Å². The van der Waals surface area contributed by atoms with Gasteiger partial charge in [-0.2, -0.15) is 22.0 Å². The Morgan fingerprint density at radius 3 is 1.97 bits per heavy atom. The molecule has 1 aromatic carbocycles. The van der Waals surface area contributed by atoms with Crippen LogP contribution in [0.1, 0.15) is 25.8 Å². The van der Waals surface area contributed by atoms with Crippen molar-refractivity contribution in [1.82, 2.24) is 0 Å². The van der Waals surface area contributed by atoms with Crippen molar-refractivity contribution in [3.05, 3.63) is 35.9 Å². The summed E-state index contributed by atoms with van der Waals surface area (Å²) in [6, 6.07) is 7.67. The largest absolute Gasteiger partial charge is 0.460 e. The Bertz CT molecular complexity index is 733. The third-order valence-corrected chi connectivity index (χ3v) is 4.85. The lowest BCUT2D eigenvalue weighted by atomic mass is 9.94. The summed E-state index contributed by atoms with van der Waals surface area (Å²) in [7, 11) is -3.36. The number of halogens is 5. The second kappa shape index (κ2) is 9.42. The molecule has 0 fully saturated rings. The number of hydrogen-bond donors (Lipinski definition) is 0. The Kier molecular flexibility index (Phi) is 8.17. The van der Waals surface area contributed by atoms with Crippen LogP contribution >= 0.6 is 0 Å². The van der Waals surface area contributed by atoms with Crippen LogP contribution in [-0.2, 0) is 30.1 Å². The van der Waals surface area contributed by atoms with Crippen molar-refractivity contribution >= 4 is 20.3 Å². The van der Waals surface area contributed by atoms with Crippen LogP contribution in [0.5, 0.6) is 0 Å². The van der Waals surface area contributed by atoms with Gasteiger partial charge < -0.3 is 13.9 Å². The van der Waals surface area contributed by atoms with Crippen LogP contribution in [-0.4, -0.2) is 44.1 Å². The second-order valence-corrected chi connectivity index (χ2v) is 12.1. The fourth-order valence-corrected chi connectivity index (χ4v) is 3.53. The molecule has 5 nitrogen and oxygen atoms in total. The highest BCUT2D eigenvalue weighted by atomic mass is 28.4. The van der Waals surface area contributed by atoms with Gasteiger partial charge in [0.25, 0.3) is 0 Å². The van der Waals surface area contributed by atoms with Crippen molar-refractivity contribution in [2.75, 3.05) is 0 Å². The number of benzene rings is 1. The maximum absolute atomic E-state index is 14.7. The van der Waals surface area contributed by atoms with E-state index in [1.54, 1.807) is 18.2 Å². The van der Waals surface area contributed by atoms with Crippen molar-refractivity contribution < 1.29 is 45.4 Å². The van der Waals surface area contributed by atoms with Crippen LogP contribution in [0.25, 0.3) is 0 Å². The number of ether oxygens (including phenoxy) is 2. The normalized spacial score (nSPS) is 15.8. The minimum absolute atomic E-state index is 0.116. The Balaban J connectivity index is 3.54. The van der Waals surface area contributed by atoms with Gasteiger partial charge in [-0.1, -0.05) is 37.3 Å². The van der Waals surface area contributed by atoms with Crippen molar-refractivity contribution in [3.63, 3.8) is 0 Å². The average molecular weight is 456 g/mol. The molecule has 0 radical (unpaired) electrons. The monoisotopic (exact) mass is 456 g/mol. The molecule has 0 spiro atoms. The number of carbonyl (C=O) groups excluding carboxylic acids is 2. The zero-order valence-electron chi connectivity index (χ0n) is 17.3. The molecule has 11 heteroatoms. The number of carbonyl (C=O) groups is 2. The summed E-state index contributed by atoms with van der Waals surface area (Å²) >= 11 is 0. The van der Waals surface area contributed by atoms with E-state index in [1.165, 1.54) is 45.6 Å². The van der Waals surface area contributed by atoms with Crippen molar-refractivity contribution in [1.29, 1.82) is 0 Å². The van der Waals surface area contributed by atoms with Crippen LogP contribution in [0, 0.1) is 0 Å². The quantitative estimate of drug-likeness (QED) is 0.230. The molecular formula is C19H25F5O5Si. The van der Waals surface area contributed by atoms with Gasteiger partial charge in [0.2, 0.25) is 0 Å². The molecule has 0 heterocycles. The first-order valence-electron chi connectivity index (χ1n) is 9.15. The van der Waals surface area contributed by atoms with E-state index in [-0.39, 0.29) is 6.42 Å². The van der Waals surface area contributed by atoms with E-state index in [0.29, 0.717) is 5.56 Å². The molecule has 170 valence electrons. The third kappa shape index (κ3) is 5.78. The lowest BCUT2D eigenvalue weighted by molar-refractivity contribution is -0.330. The van der Waals surface area contributed by atoms with Gasteiger partial charge in [0, 0.05) is 0 Å². The summed E-state index contributed by atoms with van der Waals surface area (Å²) < 4.78 is 84.1. The fourth-order valence-electron chi connectivity index (χ4n) is 2.32. The topological polar surface area (TPSA) is 61.8 Å². The van der Waals surface area contributed by atoms with Crippen molar-refractivity contribution in [2.45, 2.75) is 70.3 Å². The zero-order chi connectivity index (χ0) is 23.4. The summed E-state index contributed by atoms with van der Waals surface area (Å²) in [5.41, 5.74) is -4.01. The van der Waals surface area contributed by atoms with E-state index in [2.05, 4.69) is 0 Å². The Labute approximate surface area is 172 Å². The number of esters is 2. The minimum atomic E-state index is -6.28. The number of rotatable bonds is 9. The van der Waals surface area contributed by atoms with E-state index < -0.39 is 50.7 Å². The molecule has 2 unspecified atom stereocenters. The minimum Gasteiger partial charge on any atom is -0.460 e. The predicted octanol–water partition coefficient (Wildman–Crippen LogP) is 4.86. The summed E-state index contributed by atoms with van der Waals surface area (Å²) in [5.74, 6) is -10.2. The third-order valence-electron chi connectivity index (χ3n) is 3.93. The van der Waals surface area contributed by atoms with Gasteiger partial charge in [-0.15, -0.1) is 0 Å². The molecule has 0 bridgehead atoms. The van der Waals surface area contributed by atoms with Crippen LogP contribution in [0.4, 0.5) is 22.0 Å². The lowest BCUT2D eigenvalue weighted by Gasteiger charge is -2.40. The number of hydrogen-bond acceptors (Lipinski definition) is 5. The van der Waals surface area contributed by atoms with E-state index in [9.17, 15) is 31.5 Å². The average Bonchev–Trinajstić information content (AvgIpc) is 2.62. The summed E-state index contributed by atoms with van der Waals surface area (Å²) in [6.07, 6.45) is -7.20. The highest BCUT2D eigenvalue weighted by Crippen LogP contribution is 2.48. The van der Waals surface area contributed by atoms with E-state index >= 15 is 0 Å². The fraction of sp³-hybridized carbons (Fsp3) is 0.579. The molecule has 1 aromatic rings. The van der Waals surface area contributed by atoms with Gasteiger partial charge in [0.15, 0.2) is 8.32 Å². The molecule has 0 aromatic heterocycles. The Hall–Kier alpha value is -2.01. The van der Waals surface area contributed by atoms with Crippen LogP contribution < -0.4 is 0 Å². The van der Waals surface area contributed by atoms with Crippen LogP contribution in [0.3, 0.4) is 0 Å². The van der Waals surface area contributed by atoms with Gasteiger partial charge >= 0.3 is 29.6 Å². The van der Waals surface area contributed by atoms with Crippen molar-refractivity contribution in [2.24, 2.45) is 0 Å². The second-order valence-electron chi connectivity index (χ2n) is 7.65. The molecule has 0 aliphatic heterocycles. The van der Waals surface area contributed by atoms with Crippen LogP contribution in [0.15, 0.2) is 30.3 Å². The molecule has 0 saturated heterocycles. The first kappa shape index (κ1) is 26.0. The van der Waals surface area contributed by atoms with Gasteiger partial charge in [0.05, 0.1) is 6.10 Å². The first-order valence-corrected chi connectivity index (χ1v) is 12.6. The molecule has 0 aliphatic carbocycles. The standard InChI is InChI=1S/C19H25F5O5Si/c1-6-13(2)28-16(26)17(29-30(3,4)5,18(20,21)19(22,23)24)15(25)27-12-14-10-8-7-9-11-14/h7-11,13H,6,12H2,1-5H3. The summed E-state index contributed by atoms with van der Waals surface area (Å²) in [6.45, 7) is 5.95. The maximum atomic E-state index is 14.7. The van der Waals surface area contributed by atoms with Crippen LogP contribution in [0.2, 0.25) is 19.6 Å². The molecule has 1 rings (SSSR count). The highest BCUT2D eigenvalue weighted by molar-refractivity contribution is 6.70. The molecule has 0 N–H and O–H groups in total. The first-order chi connectivity index (χ1) is 13.6. The predicted molar refractivity (Wildman–Crippen MR) is 100 cm³/mol. The van der Waals surface area contributed by atoms with Crippen molar-refractivity contribution in [3.8, 4) is 0 Å². The SMILES string of the molecule is CCC(C)OC(=O)C(O[Si](C)(C)C)(C(=O)OCc1ccccc1)C(F)(F)C(F)(F)F. The lowest BCUT2D eigenvalue weighted by Crippen LogP contribution is -2.70. The number of alkyl halides is 5. The van der Waals surface area contributed by atoms with E-state index in [4.69, 9.17) is 13.9 Å². The molecule has 30 heavy (non-hydrogen) atoms. The molecule has 2 atom stereocenters. The van der Waals surface area contributed by atoms with Gasteiger partial charge in [-0.25, -0.2) is 9.59 Å². The molecule has 0 amide bonds. The molecular weight excluding hydrogens is 431 g/mol. The molecule has 0 saturated carbocycles. The Morgan fingerprint density at radius 2 is 1.53 bits per heavy atom. The maximum Gasteiger partial charge on any atom is 0.457 e. The Morgan fingerprint density at radius 1 is 1.00 bits per heavy atom.